The van der Waals surface area contributed by atoms with Crippen molar-refractivity contribution in [2.24, 2.45) is 5.92 Å². The van der Waals surface area contributed by atoms with Gasteiger partial charge in [-0.1, -0.05) is 12.1 Å². The molecule has 0 bridgehead atoms. The lowest BCUT2D eigenvalue weighted by atomic mass is 9.78. The Balaban J connectivity index is 2.22. The third-order valence-corrected chi connectivity index (χ3v) is 3.56. The van der Waals surface area contributed by atoms with E-state index in [-0.39, 0.29) is 11.7 Å². The second kappa shape index (κ2) is 4.44. The van der Waals surface area contributed by atoms with Crippen molar-refractivity contribution in [3.63, 3.8) is 0 Å². The summed E-state index contributed by atoms with van der Waals surface area (Å²) < 4.78 is 0. The van der Waals surface area contributed by atoms with Gasteiger partial charge in [-0.3, -0.25) is 0 Å². The maximum atomic E-state index is 10.6. The lowest BCUT2D eigenvalue weighted by molar-refractivity contribution is -0.0187. The quantitative estimate of drug-likeness (QED) is 0.711. The second-order valence-electron chi connectivity index (χ2n) is 4.72. The molecule has 3 N–H and O–H groups in total. The molecule has 0 aliphatic carbocycles. The number of phenolic OH excluding ortho intramolecular Hbond substituents is 1. The van der Waals surface area contributed by atoms with Crippen LogP contribution in [0.2, 0.25) is 0 Å². The number of rotatable bonds is 2. The maximum absolute atomic E-state index is 10.6. The molecule has 1 heterocycles. The van der Waals surface area contributed by atoms with E-state index in [4.69, 9.17) is 0 Å². The fourth-order valence-electron chi connectivity index (χ4n) is 2.44. The summed E-state index contributed by atoms with van der Waals surface area (Å²) in [5.41, 5.74) is -0.0414. The number of hydrogen-bond donors (Lipinski definition) is 3. The first-order chi connectivity index (χ1) is 7.60. The van der Waals surface area contributed by atoms with Crippen molar-refractivity contribution in [2.45, 2.75) is 25.4 Å². The van der Waals surface area contributed by atoms with Crippen LogP contribution in [0.15, 0.2) is 24.3 Å². The van der Waals surface area contributed by atoms with E-state index in [1.807, 2.05) is 13.0 Å². The van der Waals surface area contributed by atoms with Gasteiger partial charge in [0, 0.05) is 0 Å². The number of hydrogen-bond acceptors (Lipinski definition) is 3. The molecule has 1 atom stereocenters. The SMILES string of the molecule is CC(O)(c1cccc(O)c1)C1CCNCC1. The van der Waals surface area contributed by atoms with E-state index in [1.165, 1.54) is 0 Å². The Morgan fingerprint density at radius 3 is 2.62 bits per heavy atom. The average molecular weight is 221 g/mol. The predicted molar refractivity (Wildman–Crippen MR) is 63.3 cm³/mol. The summed E-state index contributed by atoms with van der Waals surface area (Å²) in [6.07, 6.45) is 1.95. The summed E-state index contributed by atoms with van der Waals surface area (Å²) >= 11 is 0. The fourth-order valence-corrected chi connectivity index (χ4v) is 2.44. The standard InChI is InChI=1S/C13H19NO2/c1-13(16,10-5-7-14-8-6-10)11-3-2-4-12(15)9-11/h2-4,9-10,14-16H,5-8H2,1H3. The minimum Gasteiger partial charge on any atom is -0.508 e. The minimum absolute atomic E-state index is 0.215. The van der Waals surface area contributed by atoms with Crippen LogP contribution < -0.4 is 5.32 Å². The van der Waals surface area contributed by atoms with Crippen LogP contribution in [0.25, 0.3) is 0 Å². The van der Waals surface area contributed by atoms with E-state index in [0.29, 0.717) is 0 Å². The molecule has 0 amide bonds. The molecule has 1 aliphatic heterocycles. The van der Waals surface area contributed by atoms with Gasteiger partial charge in [0.2, 0.25) is 0 Å². The smallest absolute Gasteiger partial charge is 0.115 e. The molecule has 3 nitrogen and oxygen atoms in total. The summed E-state index contributed by atoms with van der Waals surface area (Å²) in [5, 5.41) is 23.3. The molecule has 88 valence electrons. The monoisotopic (exact) mass is 221 g/mol. The van der Waals surface area contributed by atoms with Gasteiger partial charge in [-0.2, -0.15) is 0 Å². The van der Waals surface area contributed by atoms with Crippen LogP contribution >= 0.6 is 0 Å². The third-order valence-electron chi connectivity index (χ3n) is 3.56. The van der Waals surface area contributed by atoms with Crippen molar-refractivity contribution in [3.8, 4) is 5.75 Å². The zero-order chi connectivity index (χ0) is 11.6. The molecular weight excluding hydrogens is 202 g/mol. The van der Waals surface area contributed by atoms with Crippen molar-refractivity contribution >= 4 is 0 Å². The zero-order valence-corrected chi connectivity index (χ0v) is 9.61. The maximum Gasteiger partial charge on any atom is 0.115 e. The van der Waals surface area contributed by atoms with E-state index in [1.54, 1.807) is 18.2 Å². The van der Waals surface area contributed by atoms with E-state index in [9.17, 15) is 10.2 Å². The van der Waals surface area contributed by atoms with Crippen molar-refractivity contribution in [3.05, 3.63) is 29.8 Å². The van der Waals surface area contributed by atoms with Gasteiger partial charge in [-0.15, -0.1) is 0 Å². The van der Waals surface area contributed by atoms with Gasteiger partial charge < -0.3 is 15.5 Å². The van der Waals surface area contributed by atoms with Crippen LogP contribution in [-0.4, -0.2) is 23.3 Å². The number of aliphatic hydroxyl groups is 1. The number of nitrogens with one attached hydrogen (secondary N) is 1. The Bertz CT molecular complexity index is 357. The van der Waals surface area contributed by atoms with E-state index >= 15 is 0 Å². The van der Waals surface area contributed by atoms with Crippen LogP contribution in [0.3, 0.4) is 0 Å². The van der Waals surface area contributed by atoms with Gasteiger partial charge >= 0.3 is 0 Å². The highest BCUT2D eigenvalue weighted by atomic mass is 16.3. The number of phenols is 1. The van der Waals surface area contributed by atoms with Crippen LogP contribution in [0.4, 0.5) is 0 Å². The zero-order valence-electron chi connectivity index (χ0n) is 9.61. The van der Waals surface area contributed by atoms with Crippen molar-refractivity contribution in [2.75, 3.05) is 13.1 Å². The van der Waals surface area contributed by atoms with Crippen LogP contribution in [-0.2, 0) is 5.60 Å². The molecule has 1 aromatic rings. The predicted octanol–water partition coefficient (Wildman–Crippen LogP) is 1.60. The highest BCUT2D eigenvalue weighted by molar-refractivity contribution is 5.31. The highest BCUT2D eigenvalue weighted by Crippen LogP contribution is 2.35. The molecule has 1 fully saturated rings. The molecule has 1 aromatic carbocycles. The molecule has 1 unspecified atom stereocenters. The topological polar surface area (TPSA) is 52.5 Å². The Labute approximate surface area is 96.1 Å². The molecule has 0 aromatic heterocycles. The van der Waals surface area contributed by atoms with E-state index < -0.39 is 5.60 Å². The second-order valence-corrected chi connectivity index (χ2v) is 4.72. The summed E-state index contributed by atoms with van der Waals surface area (Å²) in [5.74, 6) is 0.474. The average Bonchev–Trinajstić information content (AvgIpc) is 2.30. The molecule has 16 heavy (non-hydrogen) atoms. The summed E-state index contributed by atoms with van der Waals surface area (Å²) in [6.45, 7) is 3.76. The van der Waals surface area contributed by atoms with Crippen molar-refractivity contribution in [1.29, 1.82) is 0 Å². The molecule has 0 saturated carbocycles. The van der Waals surface area contributed by atoms with Gasteiger partial charge in [0.25, 0.3) is 0 Å². The van der Waals surface area contributed by atoms with Gasteiger partial charge in [0.1, 0.15) is 5.75 Å². The molecule has 3 heteroatoms. The van der Waals surface area contributed by atoms with Crippen LogP contribution in [0.1, 0.15) is 25.3 Å². The first-order valence-corrected chi connectivity index (χ1v) is 5.83. The lowest BCUT2D eigenvalue weighted by Gasteiger charge is -2.36. The van der Waals surface area contributed by atoms with Gasteiger partial charge in [0.05, 0.1) is 5.60 Å². The number of piperidine rings is 1. The normalized spacial score (nSPS) is 21.6. The molecule has 1 saturated heterocycles. The van der Waals surface area contributed by atoms with Crippen molar-refractivity contribution < 1.29 is 10.2 Å². The summed E-state index contributed by atoms with van der Waals surface area (Å²) in [7, 11) is 0. The molecule has 1 aliphatic rings. The Kier molecular flexibility index (Phi) is 3.17. The summed E-state index contributed by atoms with van der Waals surface area (Å²) in [4.78, 5) is 0. The van der Waals surface area contributed by atoms with Gasteiger partial charge in [-0.05, 0) is 56.5 Å². The van der Waals surface area contributed by atoms with Gasteiger partial charge in [0.15, 0.2) is 0 Å². The van der Waals surface area contributed by atoms with Gasteiger partial charge in [-0.25, -0.2) is 0 Å². The first-order valence-electron chi connectivity index (χ1n) is 5.83. The highest BCUT2D eigenvalue weighted by Gasteiger charge is 2.34. The number of aromatic hydroxyl groups is 1. The molecular formula is C13H19NO2. The molecule has 0 radical (unpaired) electrons. The lowest BCUT2D eigenvalue weighted by Crippen LogP contribution is -2.39. The summed E-state index contributed by atoms with van der Waals surface area (Å²) in [6, 6.07) is 6.94. The fraction of sp³-hybridized carbons (Fsp3) is 0.538. The Morgan fingerprint density at radius 2 is 2.00 bits per heavy atom. The Hall–Kier alpha value is -1.06. The van der Waals surface area contributed by atoms with Crippen LogP contribution in [0.5, 0.6) is 5.75 Å². The molecule has 0 spiro atoms. The minimum atomic E-state index is -0.846. The largest absolute Gasteiger partial charge is 0.508 e. The van der Waals surface area contributed by atoms with Crippen LogP contribution in [0, 0.1) is 5.92 Å². The van der Waals surface area contributed by atoms with Crippen molar-refractivity contribution in [1.82, 2.24) is 5.32 Å². The Morgan fingerprint density at radius 1 is 1.31 bits per heavy atom. The van der Waals surface area contributed by atoms with E-state index in [0.717, 1.165) is 31.5 Å². The molecule has 2 rings (SSSR count). The van der Waals surface area contributed by atoms with E-state index in [2.05, 4.69) is 5.32 Å². The third kappa shape index (κ3) is 2.20. The number of benzene rings is 1. The first kappa shape index (κ1) is 11.4.